The lowest BCUT2D eigenvalue weighted by Gasteiger charge is -2.04. The largest absolute Gasteiger partial charge is 0.288 e. The molecule has 90 valence electrons. The number of halogens is 2. The van der Waals surface area contributed by atoms with Crippen molar-refractivity contribution in [3.63, 3.8) is 0 Å². The molecule has 0 aliphatic rings. The summed E-state index contributed by atoms with van der Waals surface area (Å²) in [6.07, 6.45) is 0. The van der Waals surface area contributed by atoms with E-state index in [1.807, 2.05) is 31.2 Å². The van der Waals surface area contributed by atoms with Gasteiger partial charge in [0.15, 0.2) is 5.43 Å². The van der Waals surface area contributed by atoms with Crippen molar-refractivity contribution >= 4 is 63.4 Å². The first-order valence-electron chi connectivity index (χ1n) is 5.38. The number of aryl methyl sites for hydroxylation is 1. The molecule has 2 aromatic carbocycles. The van der Waals surface area contributed by atoms with Gasteiger partial charge in [0, 0.05) is 23.7 Å². The van der Waals surface area contributed by atoms with Crippen molar-refractivity contribution in [1.29, 1.82) is 0 Å². The van der Waals surface area contributed by atoms with Crippen LogP contribution in [0.2, 0.25) is 0 Å². The van der Waals surface area contributed by atoms with E-state index in [0.29, 0.717) is 0 Å². The van der Waals surface area contributed by atoms with Gasteiger partial charge in [-0.05, 0) is 52.7 Å². The Morgan fingerprint density at radius 3 is 2.61 bits per heavy atom. The van der Waals surface area contributed by atoms with E-state index in [1.54, 1.807) is 11.3 Å². The summed E-state index contributed by atoms with van der Waals surface area (Å²) < 4.78 is 3.86. The van der Waals surface area contributed by atoms with Gasteiger partial charge in [-0.1, -0.05) is 22.0 Å². The van der Waals surface area contributed by atoms with E-state index in [9.17, 15) is 4.79 Å². The summed E-state index contributed by atoms with van der Waals surface area (Å²) >= 11 is 8.58. The van der Waals surface area contributed by atoms with Crippen LogP contribution in [0.3, 0.4) is 0 Å². The van der Waals surface area contributed by atoms with E-state index < -0.39 is 0 Å². The summed E-state index contributed by atoms with van der Waals surface area (Å²) in [6, 6.07) is 9.87. The minimum absolute atomic E-state index is 0.0955. The molecule has 0 aliphatic carbocycles. The second kappa shape index (κ2) is 4.44. The summed E-state index contributed by atoms with van der Waals surface area (Å²) in [4.78, 5) is 12.5. The quantitative estimate of drug-likeness (QED) is 0.484. The summed E-state index contributed by atoms with van der Waals surface area (Å²) in [7, 11) is 0. The summed E-state index contributed by atoms with van der Waals surface area (Å²) in [5, 5.41) is 1.56. The van der Waals surface area contributed by atoms with E-state index in [2.05, 4.69) is 37.9 Å². The Balaban J connectivity index is 2.61. The van der Waals surface area contributed by atoms with Gasteiger partial charge in [-0.2, -0.15) is 0 Å². The van der Waals surface area contributed by atoms with E-state index in [-0.39, 0.29) is 5.43 Å². The number of hydrogen-bond donors (Lipinski definition) is 0. The maximum absolute atomic E-state index is 12.5. The number of fused-ring (bicyclic) bond motifs is 2. The third kappa shape index (κ3) is 1.92. The standard InChI is InChI=1S/C14H8Br2OS/c1-7-2-3-9-11(4-7)18-12-6-8(15)5-10(16)13(12)14(9)17/h2-6H,1H3. The third-order valence-electron chi connectivity index (χ3n) is 2.85. The van der Waals surface area contributed by atoms with Gasteiger partial charge in [-0.15, -0.1) is 11.3 Å². The Bertz CT molecular complexity index is 836. The first kappa shape index (κ1) is 12.3. The Morgan fingerprint density at radius 2 is 1.83 bits per heavy atom. The second-order valence-electron chi connectivity index (χ2n) is 4.19. The molecule has 0 radical (unpaired) electrons. The zero-order chi connectivity index (χ0) is 12.9. The monoisotopic (exact) mass is 382 g/mol. The minimum atomic E-state index is 0.0955. The van der Waals surface area contributed by atoms with Crippen molar-refractivity contribution in [2.45, 2.75) is 6.92 Å². The van der Waals surface area contributed by atoms with Crippen LogP contribution in [0.15, 0.2) is 44.1 Å². The first-order valence-corrected chi connectivity index (χ1v) is 7.79. The fourth-order valence-electron chi connectivity index (χ4n) is 2.01. The highest BCUT2D eigenvalue weighted by atomic mass is 79.9. The van der Waals surface area contributed by atoms with Crippen molar-refractivity contribution in [2.24, 2.45) is 0 Å². The Labute approximate surface area is 125 Å². The normalized spacial score (nSPS) is 11.3. The summed E-state index contributed by atoms with van der Waals surface area (Å²) in [5.74, 6) is 0. The van der Waals surface area contributed by atoms with Crippen LogP contribution in [0.1, 0.15) is 5.56 Å². The Hall–Kier alpha value is -0.710. The van der Waals surface area contributed by atoms with E-state index in [4.69, 9.17) is 0 Å². The van der Waals surface area contributed by atoms with Crippen LogP contribution in [0.4, 0.5) is 0 Å². The lowest BCUT2D eigenvalue weighted by molar-refractivity contribution is 1.51. The molecule has 1 heterocycles. The van der Waals surface area contributed by atoms with Crippen molar-refractivity contribution < 1.29 is 0 Å². The molecule has 0 saturated heterocycles. The molecule has 1 aromatic heterocycles. The predicted octanol–water partition coefficient (Wildman–Crippen LogP) is 5.25. The summed E-state index contributed by atoms with van der Waals surface area (Å²) in [5.41, 5.74) is 1.27. The van der Waals surface area contributed by atoms with Crippen LogP contribution in [0.25, 0.3) is 20.2 Å². The molecule has 0 N–H and O–H groups in total. The highest BCUT2D eigenvalue weighted by Crippen LogP contribution is 2.32. The predicted molar refractivity (Wildman–Crippen MR) is 85.7 cm³/mol. The van der Waals surface area contributed by atoms with Crippen molar-refractivity contribution in [3.8, 4) is 0 Å². The molecule has 0 fully saturated rings. The fourth-order valence-corrected chi connectivity index (χ4v) is 4.94. The molecule has 0 spiro atoms. The highest BCUT2D eigenvalue weighted by molar-refractivity contribution is 9.11. The SMILES string of the molecule is Cc1ccc2c(=O)c3c(Br)cc(Br)cc3sc2c1. The second-order valence-corrected chi connectivity index (χ2v) is 7.05. The van der Waals surface area contributed by atoms with Crippen LogP contribution in [-0.4, -0.2) is 0 Å². The average Bonchev–Trinajstić information content (AvgIpc) is 2.27. The number of rotatable bonds is 0. The lowest BCUT2D eigenvalue weighted by atomic mass is 10.1. The molecule has 0 unspecified atom stereocenters. The Morgan fingerprint density at radius 1 is 1.06 bits per heavy atom. The molecule has 1 nitrogen and oxygen atoms in total. The Kier molecular flexibility index (Phi) is 3.04. The maximum Gasteiger partial charge on any atom is 0.197 e. The molecule has 3 aromatic rings. The molecule has 3 rings (SSSR count). The first-order chi connectivity index (χ1) is 8.56. The smallest absolute Gasteiger partial charge is 0.197 e. The number of benzene rings is 2. The van der Waals surface area contributed by atoms with E-state index in [0.717, 1.165) is 29.1 Å². The van der Waals surface area contributed by atoms with Crippen LogP contribution < -0.4 is 5.43 Å². The van der Waals surface area contributed by atoms with E-state index >= 15 is 0 Å². The number of hydrogen-bond acceptors (Lipinski definition) is 2. The molecule has 0 saturated carbocycles. The van der Waals surface area contributed by atoms with Crippen molar-refractivity contribution in [1.82, 2.24) is 0 Å². The highest BCUT2D eigenvalue weighted by Gasteiger charge is 2.10. The topological polar surface area (TPSA) is 17.1 Å². The summed E-state index contributed by atoms with van der Waals surface area (Å²) in [6.45, 7) is 2.04. The van der Waals surface area contributed by atoms with Gasteiger partial charge in [0.2, 0.25) is 0 Å². The van der Waals surface area contributed by atoms with Gasteiger partial charge in [-0.25, -0.2) is 0 Å². The molecule has 0 amide bonds. The molecule has 18 heavy (non-hydrogen) atoms. The maximum atomic E-state index is 12.5. The van der Waals surface area contributed by atoms with Gasteiger partial charge >= 0.3 is 0 Å². The fraction of sp³-hybridized carbons (Fsp3) is 0.0714. The van der Waals surface area contributed by atoms with Crippen LogP contribution in [0.5, 0.6) is 0 Å². The van der Waals surface area contributed by atoms with Gasteiger partial charge in [0.1, 0.15) is 0 Å². The molecule has 0 aliphatic heterocycles. The molecule has 0 bridgehead atoms. The van der Waals surface area contributed by atoms with Gasteiger partial charge in [-0.3, -0.25) is 4.79 Å². The van der Waals surface area contributed by atoms with Crippen LogP contribution in [-0.2, 0) is 0 Å². The zero-order valence-electron chi connectivity index (χ0n) is 9.46. The van der Waals surface area contributed by atoms with Crippen LogP contribution >= 0.6 is 43.2 Å². The van der Waals surface area contributed by atoms with Crippen molar-refractivity contribution in [3.05, 3.63) is 55.1 Å². The lowest BCUT2D eigenvalue weighted by Crippen LogP contribution is -2.01. The van der Waals surface area contributed by atoms with Crippen molar-refractivity contribution in [2.75, 3.05) is 0 Å². The molecular weight excluding hydrogens is 376 g/mol. The third-order valence-corrected chi connectivity index (χ3v) is 5.03. The minimum Gasteiger partial charge on any atom is -0.288 e. The van der Waals surface area contributed by atoms with E-state index in [1.165, 1.54) is 5.56 Å². The molecule has 4 heteroatoms. The average molecular weight is 384 g/mol. The van der Waals surface area contributed by atoms with Gasteiger partial charge < -0.3 is 0 Å². The van der Waals surface area contributed by atoms with Gasteiger partial charge in [0.05, 0.1) is 5.39 Å². The zero-order valence-corrected chi connectivity index (χ0v) is 13.4. The van der Waals surface area contributed by atoms with Gasteiger partial charge in [0.25, 0.3) is 0 Å². The molecule has 0 atom stereocenters. The molecular formula is C14H8Br2OS. The van der Waals surface area contributed by atoms with Crippen LogP contribution in [0, 0.1) is 6.92 Å².